The van der Waals surface area contributed by atoms with Crippen molar-refractivity contribution in [2.45, 2.75) is 13.8 Å². The Hall–Kier alpha value is -2.34. The van der Waals surface area contributed by atoms with Gasteiger partial charge in [-0.1, -0.05) is 33.2 Å². The van der Waals surface area contributed by atoms with Crippen molar-refractivity contribution < 1.29 is 14.4 Å². The molecule has 0 saturated carbocycles. The van der Waals surface area contributed by atoms with E-state index < -0.39 is 0 Å². The van der Waals surface area contributed by atoms with Gasteiger partial charge in [0.05, 0.1) is 5.71 Å². The van der Waals surface area contributed by atoms with Gasteiger partial charge in [0.1, 0.15) is 12.4 Å². The van der Waals surface area contributed by atoms with Gasteiger partial charge >= 0.3 is 0 Å². The fourth-order valence-electron chi connectivity index (χ4n) is 1.92. The van der Waals surface area contributed by atoms with Crippen LogP contribution in [0.25, 0.3) is 0 Å². The molecule has 1 N–H and O–H groups in total. The minimum atomic E-state index is -0.0951. The lowest BCUT2D eigenvalue weighted by molar-refractivity contribution is -0.114. The predicted octanol–water partition coefficient (Wildman–Crippen LogP) is 4.23. The van der Waals surface area contributed by atoms with Gasteiger partial charge in [-0.2, -0.15) is 0 Å². The van der Waals surface area contributed by atoms with E-state index in [1.54, 1.807) is 0 Å². The first-order chi connectivity index (χ1) is 11.5. The highest BCUT2D eigenvalue weighted by molar-refractivity contribution is 9.10. The molecule has 0 aliphatic carbocycles. The van der Waals surface area contributed by atoms with Gasteiger partial charge in [-0.25, -0.2) is 0 Å². The Bertz CT molecular complexity index is 697. The lowest BCUT2D eigenvalue weighted by Gasteiger charge is -2.06. The summed E-state index contributed by atoms with van der Waals surface area (Å²) in [5.41, 5.74) is 2.44. The van der Waals surface area contributed by atoms with Crippen LogP contribution in [0.4, 0.5) is 5.69 Å². The second-order valence-electron chi connectivity index (χ2n) is 5.07. The molecule has 0 heterocycles. The molecule has 0 radical (unpaired) electrons. The first-order valence-corrected chi connectivity index (χ1v) is 8.27. The average molecular weight is 391 g/mol. The molecule has 0 aliphatic heterocycles. The third-order valence-electron chi connectivity index (χ3n) is 3.08. The normalized spacial score (nSPS) is 11.0. The summed E-state index contributed by atoms with van der Waals surface area (Å²) in [4.78, 5) is 16.3. The van der Waals surface area contributed by atoms with Crippen LogP contribution >= 0.6 is 15.9 Å². The van der Waals surface area contributed by atoms with E-state index >= 15 is 0 Å². The Kier molecular flexibility index (Phi) is 6.81. The van der Waals surface area contributed by atoms with Gasteiger partial charge in [0, 0.05) is 17.1 Å². The molecule has 0 aromatic heterocycles. The number of amides is 1. The van der Waals surface area contributed by atoms with Crippen LogP contribution in [0.5, 0.6) is 5.75 Å². The number of halogens is 1. The number of carbonyl (C=O) groups excluding carboxylic acids is 1. The van der Waals surface area contributed by atoms with Gasteiger partial charge in [0.25, 0.3) is 0 Å². The summed E-state index contributed by atoms with van der Waals surface area (Å²) < 4.78 is 6.56. The van der Waals surface area contributed by atoms with Crippen LogP contribution in [0, 0.1) is 0 Å². The number of hydrogen-bond acceptors (Lipinski definition) is 4. The third-order valence-corrected chi connectivity index (χ3v) is 3.61. The van der Waals surface area contributed by atoms with E-state index in [9.17, 15) is 4.79 Å². The summed E-state index contributed by atoms with van der Waals surface area (Å²) in [6.45, 7) is 4.12. The number of benzene rings is 2. The molecule has 0 unspecified atom stereocenters. The topological polar surface area (TPSA) is 59.9 Å². The first-order valence-electron chi connectivity index (χ1n) is 7.47. The second-order valence-corrected chi connectivity index (χ2v) is 5.99. The zero-order valence-electron chi connectivity index (χ0n) is 13.6. The molecule has 5 nitrogen and oxygen atoms in total. The number of nitrogens with zero attached hydrogens (tertiary/aromatic N) is 1. The Labute approximate surface area is 149 Å². The number of carbonyl (C=O) groups is 1. The van der Waals surface area contributed by atoms with Crippen LogP contribution in [-0.2, 0) is 9.63 Å². The number of anilines is 1. The highest BCUT2D eigenvalue weighted by Gasteiger charge is 2.00. The standard InChI is InChI=1S/C18H19BrN2O3/c1-13(15-3-7-17(8-4-15)20-14(2)22)21-24-12-11-23-18-9-5-16(19)6-10-18/h3-10H,11-12H2,1-2H3,(H,20,22)/b21-13+. The molecule has 2 aromatic carbocycles. The van der Waals surface area contributed by atoms with Gasteiger partial charge in [-0.15, -0.1) is 0 Å². The largest absolute Gasteiger partial charge is 0.490 e. The monoisotopic (exact) mass is 390 g/mol. The van der Waals surface area contributed by atoms with E-state index in [0.717, 1.165) is 27.2 Å². The van der Waals surface area contributed by atoms with Crippen LogP contribution in [0.2, 0.25) is 0 Å². The molecule has 0 fully saturated rings. The van der Waals surface area contributed by atoms with E-state index in [1.165, 1.54) is 6.92 Å². The molecule has 0 bridgehead atoms. The molecular weight excluding hydrogens is 372 g/mol. The van der Waals surface area contributed by atoms with Crippen LogP contribution in [0.15, 0.2) is 58.2 Å². The zero-order valence-corrected chi connectivity index (χ0v) is 15.2. The van der Waals surface area contributed by atoms with Gasteiger partial charge < -0.3 is 14.9 Å². The van der Waals surface area contributed by atoms with Gasteiger partial charge in [-0.3, -0.25) is 4.79 Å². The van der Waals surface area contributed by atoms with Crippen LogP contribution in [-0.4, -0.2) is 24.8 Å². The molecule has 1 amide bonds. The molecule has 6 heteroatoms. The molecule has 126 valence electrons. The second kappa shape index (κ2) is 9.08. The van der Waals surface area contributed by atoms with Gasteiger partial charge in [0.2, 0.25) is 5.91 Å². The quantitative estimate of drug-likeness (QED) is 0.437. The number of nitrogens with one attached hydrogen (secondary N) is 1. The van der Waals surface area contributed by atoms with Gasteiger partial charge in [-0.05, 0) is 48.9 Å². The molecule has 0 saturated heterocycles. The van der Waals surface area contributed by atoms with E-state index in [0.29, 0.717) is 13.2 Å². The molecule has 0 aliphatic rings. The summed E-state index contributed by atoms with van der Waals surface area (Å²) in [7, 11) is 0. The highest BCUT2D eigenvalue weighted by atomic mass is 79.9. The van der Waals surface area contributed by atoms with Crippen molar-refractivity contribution in [3.63, 3.8) is 0 Å². The molecular formula is C18H19BrN2O3. The van der Waals surface area contributed by atoms with Crippen molar-refractivity contribution in [3.8, 4) is 5.75 Å². The summed E-state index contributed by atoms with van der Waals surface area (Å²) in [6.07, 6.45) is 0. The predicted molar refractivity (Wildman–Crippen MR) is 98.5 cm³/mol. The maximum atomic E-state index is 11.0. The Morgan fingerprint density at radius 2 is 1.71 bits per heavy atom. The smallest absolute Gasteiger partial charge is 0.221 e. The third kappa shape index (κ3) is 6.04. The van der Waals surface area contributed by atoms with E-state index in [-0.39, 0.29) is 5.91 Å². The Morgan fingerprint density at radius 1 is 1.04 bits per heavy atom. The summed E-state index contributed by atoms with van der Waals surface area (Å²) in [5.74, 6) is 0.693. The number of ether oxygens (including phenoxy) is 1. The molecule has 2 aromatic rings. The molecule has 2 rings (SSSR count). The number of hydrogen-bond donors (Lipinski definition) is 1. The van der Waals surface area contributed by atoms with Crippen molar-refractivity contribution in [3.05, 3.63) is 58.6 Å². The van der Waals surface area contributed by atoms with E-state index in [2.05, 4.69) is 26.4 Å². The maximum absolute atomic E-state index is 11.0. The fourth-order valence-corrected chi connectivity index (χ4v) is 2.19. The Morgan fingerprint density at radius 3 is 2.33 bits per heavy atom. The molecule has 24 heavy (non-hydrogen) atoms. The van der Waals surface area contributed by atoms with Crippen LogP contribution < -0.4 is 10.1 Å². The van der Waals surface area contributed by atoms with Crippen molar-refractivity contribution in [2.75, 3.05) is 18.5 Å². The lowest BCUT2D eigenvalue weighted by Crippen LogP contribution is -2.07. The Balaban J connectivity index is 1.76. The van der Waals surface area contributed by atoms with Crippen molar-refractivity contribution in [1.29, 1.82) is 0 Å². The fraction of sp³-hybridized carbons (Fsp3) is 0.222. The lowest BCUT2D eigenvalue weighted by atomic mass is 10.1. The van der Waals surface area contributed by atoms with E-state index in [4.69, 9.17) is 9.57 Å². The summed E-state index contributed by atoms with van der Waals surface area (Å²) in [5, 5.41) is 6.79. The van der Waals surface area contributed by atoms with Crippen LogP contribution in [0.1, 0.15) is 19.4 Å². The summed E-state index contributed by atoms with van der Waals surface area (Å²) in [6, 6.07) is 15.0. The van der Waals surface area contributed by atoms with Crippen molar-refractivity contribution in [2.24, 2.45) is 5.16 Å². The van der Waals surface area contributed by atoms with E-state index in [1.807, 2.05) is 55.5 Å². The minimum Gasteiger partial charge on any atom is -0.490 e. The average Bonchev–Trinajstić information content (AvgIpc) is 2.56. The SMILES string of the molecule is CC(=O)Nc1ccc(/C(C)=N/OCCOc2ccc(Br)cc2)cc1. The number of rotatable bonds is 7. The molecule has 0 spiro atoms. The number of oxime groups is 1. The summed E-state index contributed by atoms with van der Waals surface area (Å²) >= 11 is 3.37. The van der Waals surface area contributed by atoms with Crippen molar-refractivity contribution >= 4 is 33.2 Å². The molecule has 0 atom stereocenters. The van der Waals surface area contributed by atoms with Crippen LogP contribution in [0.3, 0.4) is 0 Å². The zero-order chi connectivity index (χ0) is 17.4. The minimum absolute atomic E-state index is 0.0951. The highest BCUT2D eigenvalue weighted by Crippen LogP contribution is 2.16. The van der Waals surface area contributed by atoms with Crippen molar-refractivity contribution in [1.82, 2.24) is 0 Å². The maximum Gasteiger partial charge on any atom is 0.221 e. The first kappa shape index (κ1) is 18.0. The van der Waals surface area contributed by atoms with Gasteiger partial charge in [0.15, 0.2) is 6.61 Å².